The third kappa shape index (κ3) is 3.58. The molecule has 0 amide bonds. The van der Waals surface area contributed by atoms with Gasteiger partial charge in [-0.15, -0.1) is 0 Å². The molecule has 0 fully saturated rings. The van der Waals surface area contributed by atoms with E-state index in [-0.39, 0.29) is 5.41 Å². The SMILES string of the molecule is CC(C)(C)Cc1noc(Cc2ccc(N)cc2)n1. The predicted molar refractivity (Wildman–Crippen MR) is 71.1 cm³/mol. The molecule has 2 N–H and O–H groups in total. The quantitative estimate of drug-likeness (QED) is 0.844. The monoisotopic (exact) mass is 245 g/mol. The highest BCUT2D eigenvalue weighted by atomic mass is 16.5. The molecular weight excluding hydrogens is 226 g/mol. The van der Waals surface area contributed by atoms with Gasteiger partial charge in [-0.25, -0.2) is 0 Å². The molecule has 0 radical (unpaired) electrons. The second kappa shape index (κ2) is 4.80. The zero-order valence-electron chi connectivity index (χ0n) is 11.1. The van der Waals surface area contributed by atoms with Crippen LogP contribution in [-0.2, 0) is 12.8 Å². The summed E-state index contributed by atoms with van der Waals surface area (Å²) < 4.78 is 5.25. The van der Waals surface area contributed by atoms with E-state index >= 15 is 0 Å². The Morgan fingerprint density at radius 1 is 1.17 bits per heavy atom. The Labute approximate surface area is 107 Å². The van der Waals surface area contributed by atoms with E-state index in [4.69, 9.17) is 10.3 Å². The number of anilines is 1. The van der Waals surface area contributed by atoms with Gasteiger partial charge in [0, 0.05) is 12.1 Å². The van der Waals surface area contributed by atoms with Gasteiger partial charge >= 0.3 is 0 Å². The van der Waals surface area contributed by atoms with E-state index in [0.717, 1.165) is 23.5 Å². The van der Waals surface area contributed by atoms with Gasteiger partial charge in [0.05, 0.1) is 6.42 Å². The topological polar surface area (TPSA) is 64.9 Å². The Hall–Kier alpha value is -1.84. The van der Waals surface area contributed by atoms with Gasteiger partial charge in [0.2, 0.25) is 5.89 Å². The van der Waals surface area contributed by atoms with Crippen molar-refractivity contribution < 1.29 is 4.52 Å². The Balaban J connectivity index is 2.04. The first-order valence-corrected chi connectivity index (χ1v) is 6.08. The number of nitrogen functional groups attached to an aromatic ring is 1. The fourth-order valence-corrected chi connectivity index (χ4v) is 1.72. The summed E-state index contributed by atoms with van der Waals surface area (Å²) >= 11 is 0. The van der Waals surface area contributed by atoms with E-state index in [1.807, 2.05) is 24.3 Å². The summed E-state index contributed by atoms with van der Waals surface area (Å²) in [7, 11) is 0. The Bertz CT molecular complexity index is 509. The molecule has 0 aliphatic heterocycles. The molecule has 2 aromatic rings. The number of nitrogens with two attached hydrogens (primary N) is 1. The molecular formula is C14H19N3O. The van der Waals surface area contributed by atoms with Gasteiger partial charge in [0.15, 0.2) is 5.82 Å². The van der Waals surface area contributed by atoms with Crippen molar-refractivity contribution in [3.05, 3.63) is 41.5 Å². The van der Waals surface area contributed by atoms with Crippen LogP contribution in [0.4, 0.5) is 5.69 Å². The summed E-state index contributed by atoms with van der Waals surface area (Å²) in [6.07, 6.45) is 1.47. The Morgan fingerprint density at radius 2 is 1.83 bits per heavy atom. The maximum absolute atomic E-state index is 5.64. The molecule has 18 heavy (non-hydrogen) atoms. The number of hydrogen-bond donors (Lipinski definition) is 1. The normalized spacial score (nSPS) is 11.7. The molecule has 0 atom stereocenters. The van der Waals surface area contributed by atoms with Crippen molar-refractivity contribution in [2.45, 2.75) is 33.6 Å². The first kappa shape index (κ1) is 12.6. The van der Waals surface area contributed by atoms with Crippen molar-refractivity contribution in [1.82, 2.24) is 10.1 Å². The average Bonchev–Trinajstić information content (AvgIpc) is 2.66. The van der Waals surface area contributed by atoms with E-state index in [0.29, 0.717) is 12.3 Å². The standard InChI is InChI=1S/C14H19N3O/c1-14(2,3)9-12-16-13(18-17-12)8-10-4-6-11(15)7-5-10/h4-7H,8-9,15H2,1-3H3. The summed E-state index contributed by atoms with van der Waals surface area (Å²) in [6.45, 7) is 6.47. The molecule has 0 aliphatic carbocycles. The predicted octanol–water partition coefficient (Wildman–Crippen LogP) is 2.83. The molecule has 0 unspecified atom stereocenters. The zero-order valence-corrected chi connectivity index (χ0v) is 11.1. The fraction of sp³-hybridized carbons (Fsp3) is 0.429. The maximum atomic E-state index is 5.64. The minimum atomic E-state index is 0.169. The Morgan fingerprint density at radius 3 is 2.44 bits per heavy atom. The highest BCUT2D eigenvalue weighted by Crippen LogP contribution is 2.19. The van der Waals surface area contributed by atoms with E-state index < -0.39 is 0 Å². The lowest BCUT2D eigenvalue weighted by Gasteiger charge is -2.14. The van der Waals surface area contributed by atoms with E-state index in [9.17, 15) is 0 Å². The van der Waals surface area contributed by atoms with Crippen LogP contribution in [0.5, 0.6) is 0 Å². The molecule has 1 heterocycles. The number of rotatable bonds is 3. The Kier molecular flexibility index (Phi) is 3.36. The third-order valence-electron chi connectivity index (χ3n) is 2.53. The zero-order chi connectivity index (χ0) is 13.2. The van der Waals surface area contributed by atoms with Crippen LogP contribution in [0.1, 0.15) is 38.0 Å². The van der Waals surface area contributed by atoms with Crippen LogP contribution in [0.3, 0.4) is 0 Å². The van der Waals surface area contributed by atoms with Gasteiger partial charge in [-0.2, -0.15) is 4.98 Å². The molecule has 96 valence electrons. The molecule has 0 aliphatic rings. The van der Waals surface area contributed by atoms with Crippen molar-refractivity contribution in [2.75, 3.05) is 5.73 Å². The van der Waals surface area contributed by atoms with E-state index in [2.05, 4.69) is 30.9 Å². The molecule has 2 rings (SSSR count). The lowest BCUT2D eigenvalue weighted by Crippen LogP contribution is -2.10. The van der Waals surface area contributed by atoms with Gasteiger partial charge in [-0.3, -0.25) is 0 Å². The number of nitrogens with zero attached hydrogens (tertiary/aromatic N) is 2. The highest BCUT2D eigenvalue weighted by Gasteiger charge is 2.16. The summed E-state index contributed by atoms with van der Waals surface area (Å²) in [5, 5.41) is 4.00. The molecule has 0 saturated heterocycles. The van der Waals surface area contributed by atoms with Crippen LogP contribution in [0.15, 0.2) is 28.8 Å². The third-order valence-corrected chi connectivity index (χ3v) is 2.53. The van der Waals surface area contributed by atoms with Crippen LogP contribution in [0.25, 0.3) is 0 Å². The molecule has 1 aromatic carbocycles. The molecule has 0 bridgehead atoms. The molecule has 1 aromatic heterocycles. The van der Waals surface area contributed by atoms with Crippen molar-refractivity contribution in [3.8, 4) is 0 Å². The van der Waals surface area contributed by atoms with E-state index in [1.54, 1.807) is 0 Å². The van der Waals surface area contributed by atoms with Crippen LogP contribution >= 0.6 is 0 Å². The van der Waals surface area contributed by atoms with Crippen LogP contribution < -0.4 is 5.73 Å². The van der Waals surface area contributed by atoms with Gasteiger partial charge in [-0.05, 0) is 23.1 Å². The molecule has 4 nitrogen and oxygen atoms in total. The van der Waals surface area contributed by atoms with Crippen molar-refractivity contribution >= 4 is 5.69 Å². The average molecular weight is 245 g/mol. The molecule has 0 saturated carbocycles. The second-order valence-electron chi connectivity index (χ2n) is 5.76. The van der Waals surface area contributed by atoms with Gasteiger partial charge in [0.1, 0.15) is 0 Å². The number of hydrogen-bond acceptors (Lipinski definition) is 4. The second-order valence-corrected chi connectivity index (χ2v) is 5.76. The molecule has 4 heteroatoms. The smallest absolute Gasteiger partial charge is 0.231 e. The molecule has 0 spiro atoms. The van der Waals surface area contributed by atoms with Gasteiger partial charge < -0.3 is 10.3 Å². The van der Waals surface area contributed by atoms with Crippen LogP contribution in [0, 0.1) is 5.41 Å². The van der Waals surface area contributed by atoms with Gasteiger partial charge in [0.25, 0.3) is 0 Å². The summed E-state index contributed by atoms with van der Waals surface area (Å²) in [4.78, 5) is 4.40. The minimum Gasteiger partial charge on any atom is -0.399 e. The van der Waals surface area contributed by atoms with Crippen molar-refractivity contribution in [3.63, 3.8) is 0 Å². The van der Waals surface area contributed by atoms with Crippen LogP contribution in [0.2, 0.25) is 0 Å². The minimum absolute atomic E-state index is 0.169. The largest absolute Gasteiger partial charge is 0.399 e. The first-order valence-electron chi connectivity index (χ1n) is 6.08. The summed E-state index contributed by atoms with van der Waals surface area (Å²) in [5.74, 6) is 1.42. The maximum Gasteiger partial charge on any atom is 0.231 e. The van der Waals surface area contributed by atoms with E-state index in [1.165, 1.54) is 0 Å². The highest BCUT2D eigenvalue weighted by molar-refractivity contribution is 5.39. The van der Waals surface area contributed by atoms with Crippen LogP contribution in [-0.4, -0.2) is 10.1 Å². The van der Waals surface area contributed by atoms with Gasteiger partial charge in [-0.1, -0.05) is 38.1 Å². The lowest BCUT2D eigenvalue weighted by atomic mass is 9.92. The van der Waals surface area contributed by atoms with Crippen molar-refractivity contribution in [1.29, 1.82) is 0 Å². The number of benzene rings is 1. The lowest BCUT2D eigenvalue weighted by molar-refractivity contribution is 0.358. The summed E-state index contributed by atoms with van der Waals surface area (Å²) in [5.41, 5.74) is 7.69. The number of aromatic nitrogens is 2. The van der Waals surface area contributed by atoms with Crippen molar-refractivity contribution in [2.24, 2.45) is 5.41 Å². The fourth-order valence-electron chi connectivity index (χ4n) is 1.72. The first-order chi connectivity index (χ1) is 8.42. The summed E-state index contributed by atoms with van der Waals surface area (Å²) in [6, 6.07) is 7.70.